The van der Waals surface area contributed by atoms with E-state index in [2.05, 4.69) is 20.4 Å². The third-order valence-electron chi connectivity index (χ3n) is 4.08. The van der Waals surface area contributed by atoms with Crippen molar-refractivity contribution in [2.24, 2.45) is 0 Å². The fraction of sp³-hybridized carbons (Fsp3) is 0.0556. The van der Waals surface area contributed by atoms with Crippen LogP contribution in [0.1, 0.15) is 5.69 Å². The van der Waals surface area contributed by atoms with Crippen LogP contribution < -0.4 is 10.9 Å². The van der Waals surface area contributed by atoms with E-state index in [4.69, 9.17) is 0 Å². The highest BCUT2D eigenvalue weighted by Gasteiger charge is 2.17. The maximum Gasteiger partial charge on any atom is 0.293 e. The summed E-state index contributed by atoms with van der Waals surface area (Å²) in [5, 5.41) is 19.0. The van der Waals surface area contributed by atoms with Crippen LogP contribution in [0, 0.1) is 10.1 Å². The molecule has 0 radical (unpaired) electrons. The molecule has 0 fully saturated rings. The van der Waals surface area contributed by atoms with E-state index in [9.17, 15) is 14.9 Å². The van der Waals surface area contributed by atoms with Crippen LogP contribution in [0.3, 0.4) is 0 Å². The third-order valence-corrected chi connectivity index (χ3v) is 4.08. The highest BCUT2D eigenvalue weighted by Crippen LogP contribution is 2.28. The number of fused-ring (bicyclic) bond motifs is 1. The molecule has 2 heterocycles. The molecule has 2 N–H and O–H groups in total. The van der Waals surface area contributed by atoms with Gasteiger partial charge in [0.25, 0.3) is 11.2 Å². The maximum atomic E-state index is 11.8. The fourth-order valence-corrected chi connectivity index (χ4v) is 2.76. The second kappa shape index (κ2) is 6.71. The number of nitrogens with one attached hydrogen (secondary N) is 2. The molecule has 4 aromatic rings. The number of nitrogens with zero attached hydrogens (tertiary/aromatic N) is 4. The van der Waals surface area contributed by atoms with Crippen LogP contribution in [0.4, 0.5) is 11.4 Å². The molecule has 0 spiro atoms. The fourth-order valence-electron chi connectivity index (χ4n) is 2.76. The SMILES string of the molecule is O=c1[nH]cnc2cc(NCc3ccn(-c4ccccc4)n3)c([N+](=O)[O-])cc12. The summed E-state index contributed by atoms with van der Waals surface area (Å²) in [6.07, 6.45) is 3.09. The van der Waals surface area contributed by atoms with E-state index in [1.54, 1.807) is 4.68 Å². The monoisotopic (exact) mass is 362 g/mol. The number of nitro benzene ring substituents is 1. The molecular formula is C18H14N6O3. The standard InChI is InChI=1S/C18H14N6O3/c25-18-14-8-17(24(26)27)16(9-15(14)20-11-21-18)19-10-12-6-7-23(22-12)13-4-2-1-3-5-13/h1-9,11,19H,10H2,(H,20,21,25). The molecule has 9 heteroatoms. The Balaban J connectivity index is 1.62. The first-order chi connectivity index (χ1) is 13.1. The van der Waals surface area contributed by atoms with Crippen LogP contribution in [-0.4, -0.2) is 24.7 Å². The summed E-state index contributed by atoms with van der Waals surface area (Å²) in [4.78, 5) is 29.2. The summed E-state index contributed by atoms with van der Waals surface area (Å²) in [5.74, 6) is 0. The molecule has 2 aromatic carbocycles. The summed E-state index contributed by atoms with van der Waals surface area (Å²) in [5.41, 5.74) is 1.68. The molecule has 0 saturated carbocycles. The van der Waals surface area contributed by atoms with Crippen molar-refractivity contribution in [3.05, 3.63) is 87.2 Å². The number of hydrogen-bond acceptors (Lipinski definition) is 6. The van der Waals surface area contributed by atoms with Crippen molar-refractivity contribution >= 4 is 22.3 Å². The zero-order valence-electron chi connectivity index (χ0n) is 14.0. The first kappa shape index (κ1) is 16.5. The van der Waals surface area contributed by atoms with Gasteiger partial charge in [-0.15, -0.1) is 0 Å². The Labute approximate surface area is 152 Å². The van der Waals surface area contributed by atoms with Gasteiger partial charge in [-0.2, -0.15) is 5.10 Å². The van der Waals surface area contributed by atoms with Crippen LogP contribution in [0.5, 0.6) is 0 Å². The molecule has 0 aliphatic rings. The Kier molecular flexibility index (Phi) is 4.09. The molecule has 0 amide bonds. The van der Waals surface area contributed by atoms with Crippen LogP contribution in [-0.2, 0) is 6.54 Å². The van der Waals surface area contributed by atoms with Gasteiger partial charge < -0.3 is 10.3 Å². The van der Waals surface area contributed by atoms with E-state index in [0.717, 1.165) is 5.69 Å². The van der Waals surface area contributed by atoms with Crippen molar-refractivity contribution in [1.82, 2.24) is 19.7 Å². The molecule has 27 heavy (non-hydrogen) atoms. The van der Waals surface area contributed by atoms with E-state index in [1.165, 1.54) is 18.5 Å². The van der Waals surface area contributed by atoms with Gasteiger partial charge in [-0.05, 0) is 24.3 Å². The lowest BCUT2D eigenvalue weighted by molar-refractivity contribution is -0.383. The maximum absolute atomic E-state index is 11.8. The minimum absolute atomic E-state index is 0.170. The molecule has 0 unspecified atom stereocenters. The summed E-state index contributed by atoms with van der Waals surface area (Å²) < 4.78 is 1.73. The lowest BCUT2D eigenvalue weighted by Gasteiger charge is -2.07. The summed E-state index contributed by atoms with van der Waals surface area (Å²) in [6, 6.07) is 14.2. The second-order valence-corrected chi connectivity index (χ2v) is 5.82. The topological polar surface area (TPSA) is 119 Å². The van der Waals surface area contributed by atoms with Gasteiger partial charge in [0.2, 0.25) is 0 Å². The smallest absolute Gasteiger partial charge is 0.293 e. The molecule has 0 aliphatic heterocycles. The van der Waals surface area contributed by atoms with Gasteiger partial charge in [-0.3, -0.25) is 14.9 Å². The second-order valence-electron chi connectivity index (χ2n) is 5.82. The molecular weight excluding hydrogens is 348 g/mol. The lowest BCUT2D eigenvalue weighted by atomic mass is 10.2. The zero-order chi connectivity index (χ0) is 18.8. The normalized spacial score (nSPS) is 10.8. The predicted molar refractivity (Wildman–Crippen MR) is 99.9 cm³/mol. The average molecular weight is 362 g/mol. The number of aromatic nitrogens is 4. The van der Waals surface area contributed by atoms with Crippen molar-refractivity contribution in [2.45, 2.75) is 6.54 Å². The minimum atomic E-state index is -0.531. The Morgan fingerprint density at radius 1 is 1.19 bits per heavy atom. The Bertz CT molecular complexity index is 1180. The van der Waals surface area contributed by atoms with E-state index < -0.39 is 10.5 Å². The van der Waals surface area contributed by atoms with Crippen molar-refractivity contribution in [2.75, 3.05) is 5.32 Å². The highest BCUT2D eigenvalue weighted by molar-refractivity contribution is 5.86. The van der Waals surface area contributed by atoms with Gasteiger partial charge in [-0.25, -0.2) is 9.67 Å². The summed E-state index contributed by atoms with van der Waals surface area (Å²) in [6.45, 7) is 0.287. The third kappa shape index (κ3) is 3.25. The first-order valence-electron chi connectivity index (χ1n) is 8.11. The minimum Gasteiger partial charge on any atom is -0.374 e. The molecule has 0 saturated heterocycles. The van der Waals surface area contributed by atoms with Gasteiger partial charge in [0.15, 0.2) is 0 Å². The first-order valence-corrected chi connectivity index (χ1v) is 8.11. The zero-order valence-corrected chi connectivity index (χ0v) is 14.0. The van der Waals surface area contributed by atoms with Crippen LogP contribution in [0.15, 0.2) is 65.8 Å². The van der Waals surface area contributed by atoms with Gasteiger partial charge in [0.05, 0.1) is 40.1 Å². The number of rotatable bonds is 5. The van der Waals surface area contributed by atoms with Crippen molar-refractivity contribution in [3.63, 3.8) is 0 Å². The predicted octanol–water partition coefficient (Wildman–Crippen LogP) is 2.63. The molecule has 4 rings (SSSR count). The van der Waals surface area contributed by atoms with Crippen LogP contribution in [0.2, 0.25) is 0 Å². The van der Waals surface area contributed by atoms with E-state index in [-0.39, 0.29) is 23.3 Å². The average Bonchev–Trinajstić information content (AvgIpc) is 3.16. The van der Waals surface area contributed by atoms with Crippen molar-refractivity contribution in [1.29, 1.82) is 0 Å². The number of hydrogen-bond donors (Lipinski definition) is 2. The number of aromatic amines is 1. The highest BCUT2D eigenvalue weighted by atomic mass is 16.6. The van der Waals surface area contributed by atoms with Crippen molar-refractivity contribution in [3.8, 4) is 5.69 Å². The van der Waals surface area contributed by atoms with Crippen LogP contribution in [0.25, 0.3) is 16.6 Å². The lowest BCUT2D eigenvalue weighted by Crippen LogP contribution is -2.09. The van der Waals surface area contributed by atoms with E-state index in [0.29, 0.717) is 11.2 Å². The molecule has 0 aliphatic carbocycles. The molecule has 2 aromatic heterocycles. The molecule has 0 atom stereocenters. The Hall–Kier alpha value is -4.01. The number of benzene rings is 2. The number of anilines is 1. The quantitative estimate of drug-likeness (QED) is 0.416. The number of H-pyrrole nitrogens is 1. The van der Waals surface area contributed by atoms with Gasteiger partial charge in [-0.1, -0.05) is 18.2 Å². The molecule has 0 bridgehead atoms. The van der Waals surface area contributed by atoms with E-state index >= 15 is 0 Å². The van der Waals surface area contributed by atoms with Crippen LogP contribution >= 0.6 is 0 Å². The molecule has 134 valence electrons. The number of nitro groups is 1. The number of para-hydroxylation sites is 1. The van der Waals surface area contributed by atoms with Gasteiger partial charge in [0.1, 0.15) is 5.69 Å². The van der Waals surface area contributed by atoms with E-state index in [1.807, 2.05) is 42.6 Å². The van der Waals surface area contributed by atoms with Gasteiger partial charge in [0, 0.05) is 12.3 Å². The van der Waals surface area contributed by atoms with Crippen molar-refractivity contribution < 1.29 is 4.92 Å². The van der Waals surface area contributed by atoms with Gasteiger partial charge >= 0.3 is 0 Å². The Morgan fingerprint density at radius 2 is 2.00 bits per heavy atom. The largest absolute Gasteiger partial charge is 0.374 e. The summed E-state index contributed by atoms with van der Waals surface area (Å²) >= 11 is 0. The Morgan fingerprint density at radius 3 is 2.78 bits per heavy atom. The molecule has 9 nitrogen and oxygen atoms in total. The summed E-state index contributed by atoms with van der Waals surface area (Å²) in [7, 11) is 0.